The molecule has 5 nitrogen and oxygen atoms in total. The molecule has 0 saturated carbocycles. The minimum absolute atomic E-state index is 0.0776. The molecule has 0 fully saturated rings. The highest BCUT2D eigenvalue weighted by atomic mass is 32.2. The van der Waals surface area contributed by atoms with Crippen LogP contribution in [0.25, 0.3) is 0 Å². The lowest BCUT2D eigenvalue weighted by Crippen LogP contribution is -2.13. The molecule has 0 aliphatic carbocycles. The minimum atomic E-state index is -1.34. The molecular formula is C12H17NO4S. The van der Waals surface area contributed by atoms with Gasteiger partial charge in [-0.05, 0) is 17.0 Å². The molecule has 1 aromatic rings. The first-order chi connectivity index (χ1) is 8.18. The van der Waals surface area contributed by atoms with Crippen LogP contribution in [-0.2, 0) is 16.2 Å². The molecule has 0 N–H and O–H groups in total. The summed E-state index contributed by atoms with van der Waals surface area (Å²) in [7, 11) is 0.000970. The quantitative estimate of drug-likeness (QED) is 0.626. The number of hydrogen-bond acceptors (Lipinski definition) is 4. The van der Waals surface area contributed by atoms with E-state index in [0.717, 1.165) is 5.56 Å². The summed E-state index contributed by atoms with van der Waals surface area (Å²) in [4.78, 5) is 10.9. The van der Waals surface area contributed by atoms with Crippen LogP contribution in [0.3, 0.4) is 0 Å². The van der Waals surface area contributed by atoms with Gasteiger partial charge in [-0.3, -0.25) is 14.3 Å². The standard InChI is InChI=1S/C12H17NO4S/c1-12(2,3)8-6-9(13(14)15)11(17-4)10(7-8)18(5)16/h6-7H,1-5H3/t18-/m0/s1. The van der Waals surface area contributed by atoms with Gasteiger partial charge in [0, 0.05) is 12.3 Å². The molecule has 0 radical (unpaired) electrons. The van der Waals surface area contributed by atoms with E-state index in [9.17, 15) is 14.3 Å². The van der Waals surface area contributed by atoms with Crippen molar-refractivity contribution in [2.75, 3.05) is 13.4 Å². The van der Waals surface area contributed by atoms with Gasteiger partial charge in [0.15, 0.2) is 0 Å². The second kappa shape index (κ2) is 5.06. The summed E-state index contributed by atoms with van der Waals surface area (Å²) in [5, 5.41) is 11.1. The third kappa shape index (κ3) is 2.87. The predicted octanol–water partition coefficient (Wildman–Crippen LogP) is 2.64. The van der Waals surface area contributed by atoms with Crippen LogP contribution in [0.4, 0.5) is 5.69 Å². The number of hydrogen-bond donors (Lipinski definition) is 0. The average Bonchev–Trinajstić information content (AvgIpc) is 2.25. The Balaban J connectivity index is 3.65. The highest BCUT2D eigenvalue weighted by molar-refractivity contribution is 7.84. The molecule has 0 aliphatic rings. The van der Waals surface area contributed by atoms with Gasteiger partial charge in [-0.1, -0.05) is 20.8 Å². The Hall–Kier alpha value is -1.43. The lowest BCUT2D eigenvalue weighted by atomic mass is 9.87. The third-order valence-corrected chi connectivity index (χ3v) is 3.53. The summed E-state index contributed by atoms with van der Waals surface area (Å²) in [6.45, 7) is 5.84. The molecule has 0 amide bonds. The first-order valence-electron chi connectivity index (χ1n) is 5.38. The van der Waals surface area contributed by atoms with Crippen molar-refractivity contribution in [2.45, 2.75) is 31.1 Å². The zero-order valence-corrected chi connectivity index (χ0v) is 12.0. The van der Waals surface area contributed by atoms with E-state index in [-0.39, 0.29) is 16.9 Å². The van der Waals surface area contributed by atoms with E-state index in [0.29, 0.717) is 4.90 Å². The summed E-state index contributed by atoms with van der Waals surface area (Å²) in [6, 6.07) is 3.19. The summed E-state index contributed by atoms with van der Waals surface area (Å²) in [5.41, 5.74) is 0.362. The molecule has 0 saturated heterocycles. The molecule has 18 heavy (non-hydrogen) atoms. The molecule has 1 atom stereocenters. The molecule has 6 heteroatoms. The molecule has 1 aromatic carbocycles. The predicted molar refractivity (Wildman–Crippen MR) is 70.7 cm³/mol. The van der Waals surface area contributed by atoms with Crippen molar-refractivity contribution in [3.05, 3.63) is 27.8 Å². The normalized spacial score (nSPS) is 13.2. The zero-order valence-electron chi connectivity index (χ0n) is 11.1. The maximum Gasteiger partial charge on any atom is 0.312 e. The molecule has 1 rings (SSSR count). The van der Waals surface area contributed by atoms with Gasteiger partial charge < -0.3 is 4.74 Å². The topological polar surface area (TPSA) is 69.4 Å². The van der Waals surface area contributed by atoms with Crippen LogP contribution >= 0.6 is 0 Å². The first-order valence-corrected chi connectivity index (χ1v) is 6.94. The van der Waals surface area contributed by atoms with Gasteiger partial charge in [-0.25, -0.2) is 0 Å². The van der Waals surface area contributed by atoms with Gasteiger partial charge in [-0.2, -0.15) is 0 Å². The van der Waals surface area contributed by atoms with Gasteiger partial charge in [0.2, 0.25) is 5.75 Å². The molecular weight excluding hydrogens is 254 g/mol. The number of benzene rings is 1. The molecule has 100 valence electrons. The van der Waals surface area contributed by atoms with Crippen molar-refractivity contribution in [1.29, 1.82) is 0 Å². The molecule has 0 heterocycles. The van der Waals surface area contributed by atoms with E-state index in [1.807, 2.05) is 20.8 Å². The van der Waals surface area contributed by atoms with E-state index in [2.05, 4.69) is 0 Å². The van der Waals surface area contributed by atoms with E-state index in [4.69, 9.17) is 4.74 Å². The van der Waals surface area contributed by atoms with Crippen LogP contribution in [0.1, 0.15) is 26.3 Å². The number of ether oxygens (including phenoxy) is 1. The number of nitrogens with zero attached hydrogens (tertiary/aromatic N) is 1. The third-order valence-electron chi connectivity index (χ3n) is 2.61. The van der Waals surface area contributed by atoms with Crippen molar-refractivity contribution < 1.29 is 13.9 Å². The first kappa shape index (κ1) is 14.6. The van der Waals surface area contributed by atoms with Crippen molar-refractivity contribution >= 4 is 16.5 Å². The second-order valence-corrected chi connectivity index (χ2v) is 6.34. The Labute approximate surface area is 109 Å². The lowest BCUT2D eigenvalue weighted by molar-refractivity contribution is -0.386. The monoisotopic (exact) mass is 271 g/mol. The fraction of sp³-hybridized carbons (Fsp3) is 0.500. The van der Waals surface area contributed by atoms with Crippen molar-refractivity contribution in [3.63, 3.8) is 0 Å². The number of rotatable bonds is 3. The summed E-state index contributed by atoms with van der Waals surface area (Å²) in [6.07, 6.45) is 1.48. The van der Waals surface area contributed by atoms with Crippen molar-refractivity contribution in [2.24, 2.45) is 0 Å². The van der Waals surface area contributed by atoms with Gasteiger partial charge in [0.25, 0.3) is 0 Å². The fourth-order valence-electron chi connectivity index (χ4n) is 1.57. The molecule has 0 aromatic heterocycles. The van der Waals surface area contributed by atoms with Gasteiger partial charge in [0.05, 0.1) is 27.7 Å². The van der Waals surface area contributed by atoms with E-state index in [1.54, 1.807) is 6.07 Å². The molecule has 0 bridgehead atoms. The highest BCUT2D eigenvalue weighted by Gasteiger charge is 2.26. The fourth-order valence-corrected chi connectivity index (χ4v) is 2.32. The number of nitro benzene ring substituents is 1. The van der Waals surface area contributed by atoms with Crippen LogP contribution in [0.5, 0.6) is 5.75 Å². The SMILES string of the molecule is COc1c([N+](=O)[O-])cc(C(C)(C)C)cc1[S@](C)=O. The minimum Gasteiger partial charge on any atom is -0.489 e. The molecule has 0 unspecified atom stereocenters. The van der Waals surface area contributed by atoms with Gasteiger partial charge in [-0.15, -0.1) is 0 Å². The second-order valence-electron chi connectivity index (χ2n) is 4.99. The summed E-state index contributed by atoms with van der Waals surface area (Å²) >= 11 is 0. The number of nitro groups is 1. The largest absolute Gasteiger partial charge is 0.489 e. The maximum atomic E-state index is 11.7. The van der Waals surface area contributed by atoms with Crippen LogP contribution in [0.15, 0.2) is 17.0 Å². The average molecular weight is 271 g/mol. The van der Waals surface area contributed by atoms with Gasteiger partial charge in [0.1, 0.15) is 0 Å². The Morgan fingerprint density at radius 1 is 1.33 bits per heavy atom. The Morgan fingerprint density at radius 2 is 1.89 bits per heavy atom. The van der Waals surface area contributed by atoms with Crippen LogP contribution in [0.2, 0.25) is 0 Å². The van der Waals surface area contributed by atoms with Crippen molar-refractivity contribution in [3.8, 4) is 5.75 Å². The summed E-state index contributed by atoms with van der Waals surface area (Å²) in [5.74, 6) is 0.0776. The zero-order chi connectivity index (χ0) is 14.1. The Morgan fingerprint density at radius 3 is 2.22 bits per heavy atom. The van der Waals surface area contributed by atoms with E-state index in [1.165, 1.54) is 19.4 Å². The van der Waals surface area contributed by atoms with Crippen LogP contribution < -0.4 is 4.74 Å². The van der Waals surface area contributed by atoms with Crippen molar-refractivity contribution in [1.82, 2.24) is 0 Å². The highest BCUT2D eigenvalue weighted by Crippen LogP contribution is 2.37. The van der Waals surface area contributed by atoms with Crippen LogP contribution in [-0.4, -0.2) is 22.5 Å². The van der Waals surface area contributed by atoms with Crippen LogP contribution in [0, 0.1) is 10.1 Å². The van der Waals surface area contributed by atoms with E-state index >= 15 is 0 Å². The Bertz CT molecular complexity index is 470. The molecule has 0 aliphatic heterocycles. The smallest absolute Gasteiger partial charge is 0.312 e. The molecule has 0 spiro atoms. The Kier molecular flexibility index (Phi) is 4.11. The summed E-state index contributed by atoms with van der Waals surface area (Å²) < 4.78 is 16.7. The maximum absolute atomic E-state index is 11.7. The number of methoxy groups -OCH3 is 1. The van der Waals surface area contributed by atoms with Gasteiger partial charge >= 0.3 is 5.69 Å². The van der Waals surface area contributed by atoms with E-state index < -0.39 is 15.7 Å². The lowest BCUT2D eigenvalue weighted by Gasteiger charge is -2.20.